The van der Waals surface area contributed by atoms with Crippen LogP contribution in [-0.4, -0.2) is 28.0 Å². The smallest absolute Gasteiger partial charge is 0.285 e. The highest BCUT2D eigenvalue weighted by Gasteiger charge is 2.42. The number of amides is 3. The third kappa shape index (κ3) is 3.11. The van der Waals surface area contributed by atoms with E-state index in [1.165, 1.54) is 24.3 Å². The summed E-state index contributed by atoms with van der Waals surface area (Å²) in [6, 6.07) is 8.40. The number of nitrogens with zero attached hydrogens (tertiary/aromatic N) is 1. The zero-order chi connectivity index (χ0) is 18.1. The van der Waals surface area contributed by atoms with Crippen molar-refractivity contribution in [3.05, 3.63) is 70.8 Å². The maximum atomic E-state index is 13.4. The van der Waals surface area contributed by atoms with Gasteiger partial charge < -0.3 is 5.32 Å². The maximum absolute atomic E-state index is 13.4. The van der Waals surface area contributed by atoms with E-state index in [-0.39, 0.29) is 22.7 Å². The van der Waals surface area contributed by atoms with Crippen LogP contribution in [0.3, 0.4) is 0 Å². The molecule has 0 aromatic heterocycles. The SMILES string of the molecule is O=C(NCc1ccc(F)cc1)C1C(=O)N(O)C(=O)c2cc(F)ccc21. The molecule has 2 aromatic rings. The van der Waals surface area contributed by atoms with Crippen molar-refractivity contribution in [1.29, 1.82) is 0 Å². The van der Waals surface area contributed by atoms with Crippen LogP contribution in [0.5, 0.6) is 0 Å². The molecule has 2 N–H and O–H groups in total. The van der Waals surface area contributed by atoms with Gasteiger partial charge in [-0.2, -0.15) is 5.06 Å². The van der Waals surface area contributed by atoms with Gasteiger partial charge in [-0.3, -0.25) is 19.6 Å². The van der Waals surface area contributed by atoms with Crippen molar-refractivity contribution in [2.45, 2.75) is 12.5 Å². The standard InChI is InChI=1S/C17H12F2N2O4/c18-10-3-1-9(2-4-10)8-20-15(22)14-12-6-5-11(19)7-13(12)16(23)21(25)17(14)24/h1-7,14,25H,8H2,(H,20,22). The van der Waals surface area contributed by atoms with Gasteiger partial charge >= 0.3 is 0 Å². The van der Waals surface area contributed by atoms with Crippen molar-refractivity contribution >= 4 is 17.7 Å². The fourth-order valence-corrected chi connectivity index (χ4v) is 2.58. The molecule has 0 saturated carbocycles. The Morgan fingerprint density at radius 2 is 1.72 bits per heavy atom. The van der Waals surface area contributed by atoms with Crippen molar-refractivity contribution in [1.82, 2.24) is 10.4 Å². The molecule has 2 aromatic carbocycles. The Kier molecular flexibility index (Phi) is 4.28. The lowest BCUT2D eigenvalue weighted by Crippen LogP contribution is -2.47. The normalized spacial score (nSPS) is 16.6. The highest BCUT2D eigenvalue weighted by molar-refractivity contribution is 6.18. The number of hydrogen-bond donors (Lipinski definition) is 2. The number of imide groups is 1. The van der Waals surface area contributed by atoms with Gasteiger partial charge in [0.1, 0.15) is 17.6 Å². The van der Waals surface area contributed by atoms with Crippen LogP contribution in [0.1, 0.15) is 27.4 Å². The van der Waals surface area contributed by atoms with Crippen molar-refractivity contribution in [3.8, 4) is 0 Å². The van der Waals surface area contributed by atoms with Gasteiger partial charge in [0, 0.05) is 12.1 Å². The Bertz CT molecular complexity index is 867. The first kappa shape index (κ1) is 16.7. The lowest BCUT2D eigenvalue weighted by atomic mass is 9.88. The summed E-state index contributed by atoms with van der Waals surface area (Å²) in [4.78, 5) is 36.4. The minimum Gasteiger partial charge on any atom is -0.351 e. The molecule has 0 saturated heterocycles. The number of benzene rings is 2. The van der Waals surface area contributed by atoms with Crippen LogP contribution >= 0.6 is 0 Å². The highest BCUT2D eigenvalue weighted by Crippen LogP contribution is 2.29. The number of hydroxylamine groups is 2. The molecule has 25 heavy (non-hydrogen) atoms. The Morgan fingerprint density at radius 1 is 1.08 bits per heavy atom. The molecule has 0 bridgehead atoms. The molecule has 1 aliphatic rings. The Balaban J connectivity index is 1.86. The van der Waals surface area contributed by atoms with Gasteiger partial charge in [-0.15, -0.1) is 0 Å². The quantitative estimate of drug-likeness (QED) is 0.503. The van der Waals surface area contributed by atoms with Gasteiger partial charge in [-0.1, -0.05) is 18.2 Å². The van der Waals surface area contributed by atoms with Crippen LogP contribution < -0.4 is 5.32 Å². The van der Waals surface area contributed by atoms with E-state index in [1.807, 2.05) is 0 Å². The van der Waals surface area contributed by atoms with Crippen molar-refractivity contribution in [2.75, 3.05) is 0 Å². The molecule has 1 aliphatic heterocycles. The molecule has 1 atom stereocenters. The predicted molar refractivity (Wildman–Crippen MR) is 80.4 cm³/mol. The second kappa shape index (κ2) is 6.40. The molecule has 128 valence electrons. The summed E-state index contributed by atoms with van der Waals surface area (Å²) in [5, 5.41) is 11.9. The van der Waals surface area contributed by atoms with Crippen LogP contribution in [0.2, 0.25) is 0 Å². The first-order valence-electron chi connectivity index (χ1n) is 7.27. The fraction of sp³-hybridized carbons (Fsp3) is 0.118. The third-order valence-electron chi connectivity index (χ3n) is 3.85. The van der Waals surface area contributed by atoms with Crippen LogP contribution in [0, 0.1) is 11.6 Å². The summed E-state index contributed by atoms with van der Waals surface area (Å²) < 4.78 is 26.2. The van der Waals surface area contributed by atoms with Gasteiger partial charge in [0.25, 0.3) is 11.8 Å². The molecule has 6 nitrogen and oxygen atoms in total. The molecule has 1 unspecified atom stereocenters. The second-order valence-electron chi connectivity index (χ2n) is 5.46. The van der Waals surface area contributed by atoms with Crippen LogP contribution in [0.15, 0.2) is 42.5 Å². The number of rotatable bonds is 3. The molecule has 8 heteroatoms. The molecule has 1 heterocycles. The average Bonchev–Trinajstić information content (AvgIpc) is 2.60. The van der Waals surface area contributed by atoms with Crippen LogP contribution in [-0.2, 0) is 16.1 Å². The van der Waals surface area contributed by atoms with E-state index in [0.29, 0.717) is 5.56 Å². The van der Waals surface area contributed by atoms with E-state index < -0.39 is 35.3 Å². The van der Waals surface area contributed by atoms with E-state index in [2.05, 4.69) is 5.32 Å². The molecular weight excluding hydrogens is 334 g/mol. The predicted octanol–water partition coefficient (Wildman–Crippen LogP) is 1.74. The maximum Gasteiger partial charge on any atom is 0.285 e. The molecule has 0 radical (unpaired) electrons. The van der Waals surface area contributed by atoms with Gasteiger partial charge in [0.05, 0.1) is 0 Å². The molecule has 3 amide bonds. The largest absolute Gasteiger partial charge is 0.351 e. The van der Waals surface area contributed by atoms with Crippen molar-refractivity contribution in [2.24, 2.45) is 0 Å². The van der Waals surface area contributed by atoms with E-state index in [4.69, 9.17) is 0 Å². The summed E-state index contributed by atoms with van der Waals surface area (Å²) in [5.41, 5.74) is 0.344. The number of fused-ring (bicyclic) bond motifs is 1. The summed E-state index contributed by atoms with van der Waals surface area (Å²) in [7, 11) is 0. The van der Waals surface area contributed by atoms with Crippen molar-refractivity contribution < 1.29 is 28.4 Å². The Hall–Kier alpha value is -3.13. The van der Waals surface area contributed by atoms with E-state index in [1.54, 1.807) is 0 Å². The lowest BCUT2D eigenvalue weighted by molar-refractivity contribution is -0.159. The van der Waals surface area contributed by atoms with E-state index in [0.717, 1.165) is 18.2 Å². The monoisotopic (exact) mass is 346 g/mol. The number of hydrogen-bond acceptors (Lipinski definition) is 4. The van der Waals surface area contributed by atoms with Gasteiger partial charge in [0.2, 0.25) is 5.91 Å². The lowest BCUT2D eigenvalue weighted by Gasteiger charge is -2.27. The average molecular weight is 346 g/mol. The minimum absolute atomic E-state index is 0.0123. The van der Waals surface area contributed by atoms with Crippen LogP contribution in [0.4, 0.5) is 8.78 Å². The molecule has 0 spiro atoms. The van der Waals surface area contributed by atoms with Gasteiger partial charge in [0.15, 0.2) is 0 Å². The zero-order valence-corrected chi connectivity index (χ0v) is 12.7. The Morgan fingerprint density at radius 3 is 2.40 bits per heavy atom. The highest BCUT2D eigenvalue weighted by atomic mass is 19.1. The molecule has 3 rings (SSSR count). The van der Waals surface area contributed by atoms with E-state index >= 15 is 0 Å². The number of nitrogens with one attached hydrogen (secondary N) is 1. The summed E-state index contributed by atoms with van der Waals surface area (Å²) >= 11 is 0. The first-order chi connectivity index (χ1) is 11.9. The topological polar surface area (TPSA) is 86.7 Å². The molecule has 0 aliphatic carbocycles. The van der Waals surface area contributed by atoms with Gasteiger partial charge in [-0.05, 0) is 35.4 Å². The third-order valence-corrected chi connectivity index (χ3v) is 3.85. The molecular formula is C17H12F2N2O4. The summed E-state index contributed by atoms with van der Waals surface area (Å²) in [5.74, 6) is -5.64. The molecule has 0 fully saturated rings. The zero-order valence-electron chi connectivity index (χ0n) is 12.7. The number of carbonyl (C=O) groups excluding carboxylic acids is 3. The van der Waals surface area contributed by atoms with Crippen molar-refractivity contribution in [3.63, 3.8) is 0 Å². The number of halogens is 2. The van der Waals surface area contributed by atoms with Crippen LogP contribution in [0.25, 0.3) is 0 Å². The van der Waals surface area contributed by atoms with E-state index in [9.17, 15) is 28.4 Å². The fourth-order valence-electron chi connectivity index (χ4n) is 2.58. The number of carbonyl (C=O) groups is 3. The summed E-state index contributed by atoms with van der Waals surface area (Å²) in [6.07, 6.45) is 0. The first-order valence-corrected chi connectivity index (χ1v) is 7.27. The second-order valence-corrected chi connectivity index (χ2v) is 5.46. The summed E-state index contributed by atoms with van der Waals surface area (Å²) in [6.45, 7) is 0.0127. The van der Waals surface area contributed by atoms with Gasteiger partial charge in [-0.25, -0.2) is 8.78 Å². The Labute approximate surface area is 140 Å². The minimum atomic E-state index is -1.49.